The first kappa shape index (κ1) is 12.1. The summed E-state index contributed by atoms with van der Waals surface area (Å²) in [7, 11) is 0. The van der Waals surface area contributed by atoms with Crippen LogP contribution in [0.1, 0.15) is 12.0 Å². The zero-order valence-corrected chi connectivity index (χ0v) is 8.29. The van der Waals surface area contributed by atoms with Gasteiger partial charge in [0.05, 0.1) is 0 Å². The lowest BCUT2D eigenvalue weighted by molar-refractivity contribution is 0.144. The molecule has 0 aliphatic carbocycles. The minimum atomic E-state index is -0.864. The van der Waals surface area contributed by atoms with E-state index in [9.17, 15) is 8.78 Å². The molecule has 0 unspecified atom stereocenters. The molecule has 2 nitrogen and oxygen atoms in total. The van der Waals surface area contributed by atoms with Crippen LogP contribution in [-0.2, 0) is 6.42 Å². The van der Waals surface area contributed by atoms with E-state index in [0.29, 0.717) is 12.8 Å². The smallest absolute Gasteiger partial charge is 0.162 e. The van der Waals surface area contributed by atoms with Crippen LogP contribution in [0.2, 0.25) is 0 Å². The van der Waals surface area contributed by atoms with E-state index in [1.165, 1.54) is 12.1 Å². The molecule has 1 rings (SSSR count). The first-order chi connectivity index (χ1) is 7.19. The predicted octanol–water partition coefficient (Wildman–Crippen LogP) is 1.50. The maximum absolute atomic E-state index is 13.2. The summed E-state index contributed by atoms with van der Waals surface area (Å²) in [6.07, 6.45) is 0.753. The molecule has 2 N–H and O–H groups in total. The number of aliphatic hydroxyl groups is 2. The molecule has 0 saturated carbocycles. The summed E-state index contributed by atoms with van der Waals surface area (Å²) in [6, 6.07) is 4.01. The van der Waals surface area contributed by atoms with E-state index >= 15 is 0 Å². The van der Waals surface area contributed by atoms with E-state index in [4.69, 9.17) is 10.2 Å². The monoisotopic (exact) mass is 216 g/mol. The Kier molecular flexibility index (Phi) is 4.65. The largest absolute Gasteiger partial charge is 0.396 e. The zero-order chi connectivity index (χ0) is 11.3. The first-order valence-electron chi connectivity index (χ1n) is 4.83. The highest BCUT2D eigenvalue weighted by atomic mass is 19.2. The Balaban J connectivity index is 2.61. The summed E-state index contributed by atoms with van der Waals surface area (Å²) >= 11 is 0. The van der Waals surface area contributed by atoms with Crippen LogP contribution in [0.15, 0.2) is 18.2 Å². The summed E-state index contributed by atoms with van der Waals surface area (Å²) in [6.45, 7) is -0.291. The van der Waals surface area contributed by atoms with Gasteiger partial charge in [0.25, 0.3) is 0 Å². The van der Waals surface area contributed by atoms with Crippen molar-refractivity contribution < 1.29 is 19.0 Å². The van der Waals surface area contributed by atoms with Crippen molar-refractivity contribution in [3.63, 3.8) is 0 Å². The Labute approximate surface area is 87.2 Å². The standard InChI is InChI=1S/C11H14F2O2/c12-10-3-1-2-9(11(10)13)5-4-8(6-14)7-15/h1-3,8,14-15H,4-7H2. The Hall–Kier alpha value is -1.00. The molecular weight excluding hydrogens is 202 g/mol. The van der Waals surface area contributed by atoms with Crippen molar-refractivity contribution in [2.24, 2.45) is 5.92 Å². The zero-order valence-electron chi connectivity index (χ0n) is 8.29. The average molecular weight is 216 g/mol. The fourth-order valence-corrected chi connectivity index (χ4v) is 1.34. The number of rotatable bonds is 5. The molecule has 0 aliphatic heterocycles. The summed E-state index contributed by atoms with van der Waals surface area (Å²) in [5, 5.41) is 17.6. The molecule has 0 heterocycles. The maximum atomic E-state index is 13.2. The third-order valence-electron chi connectivity index (χ3n) is 2.37. The van der Waals surface area contributed by atoms with Gasteiger partial charge in [0.1, 0.15) is 0 Å². The van der Waals surface area contributed by atoms with Crippen LogP contribution in [0.3, 0.4) is 0 Å². The van der Waals surface area contributed by atoms with Crippen molar-refractivity contribution in [3.8, 4) is 0 Å². The van der Waals surface area contributed by atoms with Crippen LogP contribution in [0, 0.1) is 17.6 Å². The van der Waals surface area contributed by atoms with Crippen LogP contribution in [0.25, 0.3) is 0 Å². The SMILES string of the molecule is OCC(CO)CCc1cccc(F)c1F. The average Bonchev–Trinajstić information content (AvgIpc) is 2.25. The molecule has 84 valence electrons. The molecule has 0 radical (unpaired) electrons. The van der Waals surface area contributed by atoms with E-state index in [2.05, 4.69) is 0 Å². The minimum absolute atomic E-state index is 0.145. The summed E-state index contributed by atoms with van der Waals surface area (Å²) in [4.78, 5) is 0. The molecule has 0 bridgehead atoms. The number of hydrogen-bond donors (Lipinski definition) is 2. The second-order valence-corrected chi connectivity index (χ2v) is 3.48. The molecular formula is C11H14F2O2. The van der Waals surface area contributed by atoms with Gasteiger partial charge in [-0.05, 0) is 24.5 Å². The number of hydrogen-bond acceptors (Lipinski definition) is 2. The number of benzene rings is 1. The van der Waals surface area contributed by atoms with Crippen LogP contribution < -0.4 is 0 Å². The van der Waals surface area contributed by atoms with Crippen LogP contribution in [0.4, 0.5) is 8.78 Å². The fraction of sp³-hybridized carbons (Fsp3) is 0.455. The van der Waals surface area contributed by atoms with Crippen molar-refractivity contribution in [2.45, 2.75) is 12.8 Å². The Morgan fingerprint density at radius 2 is 1.80 bits per heavy atom. The minimum Gasteiger partial charge on any atom is -0.396 e. The van der Waals surface area contributed by atoms with Crippen molar-refractivity contribution in [2.75, 3.05) is 13.2 Å². The highest BCUT2D eigenvalue weighted by Crippen LogP contribution is 2.15. The van der Waals surface area contributed by atoms with Gasteiger partial charge in [0, 0.05) is 19.1 Å². The molecule has 0 fully saturated rings. The second-order valence-electron chi connectivity index (χ2n) is 3.48. The maximum Gasteiger partial charge on any atom is 0.162 e. The third-order valence-corrected chi connectivity index (χ3v) is 2.37. The van der Waals surface area contributed by atoms with E-state index < -0.39 is 11.6 Å². The van der Waals surface area contributed by atoms with Crippen molar-refractivity contribution >= 4 is 0 Å². The normalized spacial score (nSPS) is 11.0. The molecule has 15 heavy (non-hydrogen) atoms. The van der Waals surface area contributed by atoms with Gasteiger partial charge in [0.2, 0.25) is 0 Å². The third kappa shape index (κ3) is 3.25. The highest BCUT2D eigenvalue weighted by molar-refractivity contribution is 5.19. The molecule has 1 aromatic carbocycles. The van der Waals surface area contributed by atoms with E-state index in [-0.39, 0.29) is 24.7 Å². The van der Waals surface area contributed by atoms with Gasteiger partial charge >= 0.3 is 0 Å². The Morgan fingerprint density at radius 3 is 2.40 bits per heavy atom. The van der Waals surface area contributed by atoms with Crippen molar-refractivity contribution in [1.29, 1.82) is 0 Å². The molecule has 0 amide bonds. The van der Waals surface area contributed by atoms with Gasteiger partial charge in [-0.15, -0.1) is 0 Å². The van der Waals surface area contributed by atoms with Gasteiger partial charge in [-0.2, -0.15) is 0 Å². The second kappa shape index (κ2) is 5.78. The number of aryl methyl sites for hydroxylation is 1. The molecule has 0 aliphatic rings. The molecule has 0 saturated heterocycles. The van der Waals surface area contributed by atoms with Gasteiger partial charge in [0.15, 0.2) is 11.6 Å². The van der Waals surface area contributed by atoms with Crippen molar-refractivity contribution in [3.05, 3.63) is 35.4 Å². The number of aliphatic hydroxyl groups excluding tert-OH is 2. The Morgan fingerprint density at radius 1 is 1.13 bits per heavy atom. The van der Waals surface area contributed by atoms with Crippen LogP contribution >= 0.6 is 0 Å². The van der Waals surface area contributed by atoms with Gasteiger partial charge < -0.3 is 10.2 Å². The van der Waals surface area contributed by atoms with E-state index in [1.807, 2.05) is 0 Å². The van der Waals surface area contributed by atoms with Gasteiger partial charge in [-0.1, -0.05) is 12.1 Å². The van der Waals surface area contributed by atoms with Crippen molar-refractivity contribution in [1.82, 2.24) is 0 Å². The molecule has 1 aromatic rings. The summed E-state index contributed by atoms with van der Waals surface area (Å²) in [5.41, 5.74) is 0.280. The predicted molar refractivity (Wildman–Crippen MR) is 52.3 cm³/mol. The first-order valence-corrected chi connectivity index (χ1v) is 4.83. The molecule has 0 aromatic heterocycles. The van der Waals surface area contributed by atoms with E-state index in [1.54, 1.807) is 0 Å². The lowest BCUT2D eigenvalue weighted by Gasteiger charge is -2.10. The van der Waals surface area contributed by atoms with Gasteiger partial charge in [-0.3, -0.25) is 0 Å². The topological polar surface area (TPSA) is 40.5 Å². The molecule has 0 spiro atoms. The summed E-state index contributed by atoms with van der Waals surface area (Å²) < 4.78 is 26.0. The quantitative estimate of drug-likeness (QED) is 0.783. The van der Waals surface area contributed by atoms with Gasteiger partial charge in [-0.25, -0.2) is 8.78 Å². The lowest BCUT2D eigenvalue weighted by atomic mass is 10.0. The lowest BCUT2D eigenvalue weighted by Crippen LogP contribution is -2.12. The van der Waals surface area contributed by atoms with Crippen LogP contribution in [0.5, 0.6) is 0 Å². The number of halogens is 2. The van der Waals surface area contributed by atoms with Crippen LogP contribution in [-0.4, -0.2) is 23.4 Å². The molecule has 4 heteroatoms. The highest BCUT2D eigenvalue weighted by Gasteiger charge is 2.10. The fourth-order valence-electron chi connectivity index (χ4n) is 1.34. The summed E-state index contributed by atoms with van der Waals surface area (Å²) in [5.74, 6) is -1.98. The molecule has 0 atom stereocenters. The van der Waals surface area contributed by atoms with E-state index in [0.717, 1.165) is 6.07 Å². The Bertz CT molecular complexity index is 311.